The Labute approximate surface area is 72.8 Å². The fraction of sp³-hybridized carbons (Fsp3) is 0.500. The van der Waals surface area contributed by atoms with Gasteiger partial charge in [0.2, 0.25) is 6.41 Å². The van der Waals surface area contributed by atoms with Crippen LogP contribution in [0.3, 0.4) is 0 Å². The lowest BCUT2D eigenvalue weighted by Crippen LogP contribution is -2.06. The first-order chi connectivity index (χ1) is 5.58. The predicted octanol–water partition coefficient (Wildman–Crippen LogP) is 0.440. The van der Waals surface area contributed by atoms with Gasteiger partial charge in [-0.1, -0.05) is 6.58 Å². The number of nitrogens with zero attached hydrogens (tertiary/aromatic N) is 1. The first kappa shape index (κ1) is 13.3. The second-order valence-corrected chi connectivity index (χ2v) is 2.03. The van der Waals surface area contributed by atoms with Gasteiger partial charge in [-0.2, -0.15) is 0 Å². The molecule has 0 saturated heterocycles. The van der Waals surface area contributed by atoms with Gasteiger partial charge < -0.3 is 9.64 Å². The molecule has 0 fully saturated rings. The molecule has 0 aromatic carbocycles. The van der Waals surface area contributed by atoms with Crippen LogP contribution in [0.25, 0.3) is 0 Å². The van der Waals surface area contributed by atoms with E-state index in [0.29, 0.717) is 6.61 Å². The highest BCUT2D eigenvalue weighted by atomic mass is 16.5. The SMILES string of the molecule is C=CC(=O)OCC.CN(C)C=O. The molecule has 0 aliphatic carbocycles. The molecule has 4 heteroatoms. The van der Waals surface area contributed by atoms with Crippen LogP contribution in [0.15, 0.2) is 12.7 Å². The first-order valence-corrected chi connectivity index (χ1v) is 3.49. The molecule has 0 aliphatic rings. The van der Waals surface area contributed by atoms with Gasteiger partial charge in [-0.05, 0) is 6.92 Å². The van der Waals surface area contributed by atoms with Crippen molar-refractivity contribution in [2.45, 2.75) is 6.92 Å². The van der Waals surface area contributed by atoms with E-state index in [0.717, 1.165) is 12.5 Å². The Balaban J connectivity index is 0. The quantitative estimate of drug-likeness (QED) is 0.353. The minimum atomic E-state index is -0.359. The predicted molar refractivity (Wildman–Crippen MR) is 46.6 cm³/mol. The molecule has 1 amide bonds. The van der Waals surface area contributed by atoms with Gasteiger partial charge >= 0.3 is 5.97 Å². The lowest BCUT2D eigenvalue weighted by molar-refractivity contribution is -0.137. The zero-order valence-electron chi connectivity index (χ0n) is 7.74. The number of carbonyl (C=O) groups is 2. The molecule has 0 aliphatic heterocycles. The number of carbonyl (C=O) groups excluding carboxylic acids is 2. The largest absolute Gasteiger partial charge is 0.463 e. The lowest BCUT2D eigenvalue weighted by Gasteiger charge is -1.93. The lowest BCUT2D eigenvalue weighted by atomic mass is 10.6. The summed E-state index contributed by atoms with van der Waals surface area (Å²) in [4.78, 5) is 20.9. The van der Waals surface area contributed by atoms with Gasteiger partial charge in [-0.15, -0.1) is 0 Å². The maximum absolute atomic E-state index is 10.1. The monoisotopic (exact) mass is 173 g/mol. The van der Waals surface area contributed by atoms with Crippen LogP contribution in [0.5, 0.6) is 0 Å². The molecular weight excluding hydrogens is 158 g/mol. The summed E-state index contributed by atoms with van der Waals surface area (Å²) in [6.45, 7) is 5.38. The highest BCUT2D eigenvalue weighted by Gasteiger charge is 1.86. The summed E-state index contributed by atoms with van der Waals surface area (Å²) in [6, 6.07) is 0. The first-order valence-electron chi connectivity index (χ1n) is 3.49. The van der Waals surface area contributed by atoms with E-state index in [2.05, 4.69) is 11.3 Å². The van der Waals surface area contributed by atoms with Gasteiger partial charge in [0, 0.05) is 20.2 Å². The van der Waals surface area contributed by atoms with E-state index in [4.69, 9.17) is 0 Å². The van der Waals surface area contributed by atoms with Gasteiger partial charge in [-0.25, -0.2) is 4.79 Å². The fourth-order valence-corrected chi connectivity index (χ4v) is 0.201. The van der Waals surface area contributed by atoms with E-state index in [-0.39, 0.29) is 5.97 Å². The highest BCUT2D eigenvalue weighted by Crippen LogP contribution is 1.74. The van der Waals surface area contributed by atoms with Crippen LogP contribution in [0.4, 0.5) is 0 Å². The molecule has 12 heavy (non-hydrogen) atoms. The number of amides is 1. The van der Waals surface area contributed by atoms with Crippen molar-refractivity contribution >= 4 is 12.4 Å². The standard InChI is InChI=1S/C5H8O2.C3H7NO/c1-3-5(6)7-4-2;1-4(2)3-5/h3H,1,4H2,2H3;3H,1-2H3. The minimum Gasteiger partial charge on any atom is -0.463 e. The van der Waals surface area contributed by atoms with Gasteiger partial charge in [0.1, 0.15) is 0 Å². The fourth-order valence-electron chi connectivity index (χ4n) is 0.201. The number of esters is 1. The van der Waals surface area contributed by atoms with Crippen LogP contribution in [0.2, 0.25) is 0 Å². The normalized spacial score (nSPS) is 7.25. The van der Waals surface area contributed by atoms with Gasteiger partial charge in [0.05, 0.1) is 6.61 Å². The Morgan fingerprint density at radius 2 is 2.00 bits per heavy atom. The van der Waals surface area contributed by atoms with Crippen LogP contribution in [-0.2, 0) is 14.3 Å². The zero-order valence-corrected chi connectivity index (χ0v) is 7.74. The van der Waals surface area contributed by atoms with Crippen LogP contribution in [0.1, 0.15) is 6.92 Å². The summed E-state index contributed by atoms with van der Waals surface area (Å²) >= 11 is 0. The van der Waals surface area contributed by atoms with Crippen LogP contribution in [0, 0.1) is 0 Å². The molecule has 0 atom stereocenters. The highest BCUT2D eigenvalue weighted by molar-refractivity contribution is 5.81. The van der Waals surface area contributed by atoms with Crippen molar-refractivity contribution in [2.24, 2.45) is 0 Å². The van der Waals surface area contributed by atoms with Crippen molar-refractivity contribution < 1.29 is 14.3 Å². The molecule has 0 aromatic heterocycles. The van der Waals surface area contributed by atoms with Crippen molar-refractivity contribution in [3.8, 4) is 0 Å². The zero-order chi connectivity index (χ0) is 9.98. The Kier molecular flexibility index (Phi) is 10.7. The smallest absolute Gasteiger partial charge is 0.330 e. The van der Waals surface area contributed by atoms with Gasteiger partial charge in [-0.3, -0.25) is 4.79 Å². The minimum absolute atomic E-state index is 0.359. The molecule has 0 unspecified atom stereocenters. The van der Waals surface area contributed by atoms with Crippen molar-refractivity contribution in [2.75, 3.05) is 20.7 Å². The van der Waals surface area contributed by atoms with E-state index in [1.807, 2.05) is 0 Å². The average Bonchev–Trinajstić information content (AvgIpc) is 2.06. The third kappa shape index (κ3) is 15.9. The van der Waals surface area contributed by atoms with Gasteiger partial charge in [0.15, 0.2) is 0 Å². The number of hydrogen-bond acceptors (Lipinski definition) is 3. The molecular formula is C8H15NO3. The number of ether oxygens (including phenoxy) is 1. The van der Waals surface area contributed by atoms with E-state index in [9.17, 15) is 9.59 Å². The molecule has 0 spiro atoms. The second kappa shape index (κ2) is 9.68. The molecule has 0 saturated carbocycles. The Bertz CT molecular complexity index is 143. The number of hydrogen-bond donors (Lipinski definition) is 0. The molecule has 70 valence electrons. The molecule has 0 aromatic rings. The van der Waals surface area contributed by atoms with E-state index < -0.39 is 0 Å². The summed E-state index contributed by atoms with van der Waals surface area (Å²) in [6.07, 6.45) is 1.89. The molecule has 0 heterocycles. The van der Waals surface area contributed by atoms with Crippen molar-refractivity contribution in [3.63, 3.8) is 0 Å². The maximum atomic E-state index is 10.1. The van der Waals surface area contributed by atoms with Crippen LogP contribution >= 0.6 is 0 Å². The van der Waals surface area contributed by atoms with E-state index in [1.165, 1.54) is 4.90 Å². The topological polar surface area (TPSA) is 46.6 Å². The summed E-state index contributed by atoms with van der Waals surface area (Å²) in [5.74, 6) is -0.359. The van der Waals surface area contributed by atoms with Crippen molar-refractivity contribution in [3.05, 3.63) is 12.7 Å². The summed E-state index contributed by atoms with van der Waals surface area (Å²) in [5, 5.41) is 0. The molecule has 0 rings (SSSR count). The Morgan fingerprint density at radius 1 is 1.58 bits per heavy atom. The summed E-state index contributed by atoms with van der Waals surface area (Å²) in [5.41, 5.74) is 0. The van der Waals surface area contributed by atoms with Crippen LogP contribution < -0.4 is 0 Å². The molecule has 4 nitrogen and oxygen atoms in total. The Hall–Kier alpha value is -1.32. The Morgan fingerprint density at radius 3 is 2.08 bits per heavy atom. The van der Waals surface area contributed by atoms with Crippen molar-refractivity contribution in [1.82, 2.24) is 4.90 Å². The number of rotatable bonds is 3. The third-order valence-corrected chi connectivity index (χ3v) is 0.664. The maximum Gasteiger partial charge on any atom is 0.330 e. The third-order valence-electron chi connectivity index (χ3n) is 0.664. The average molecular weight is 173 g/mol. The second-order valence-electron chi connectivity index (χ2n) is 2.03. The van der Waals surface area contributed by atoms with E-state index >= 15 is 0 Å². The summed E-state index contributed by atoms with van der Waals surface area (Å²) in [7, 11) is 3.38. The molecule has 0 N–H and O–H groups in total. The van der Waals surface area contributed by atoms with E-state index in [1.54, 1.807) is 21.0 Å². The molecule has 0 radical (unpaired) electrons. The summed E-state index contributed by atoms with van der Waals surface area (Å²) < 4.78 is 4.43. The molecule has 0 bridgehead atoms. The van der Waals surface area contributed by atoms with Crippen LogP contribution in [-0.4, -0.2) is 38.0 Å². The van der Waals surface area contributed by atoms with Gasteiger partial charge in [0.25, 0.3) is 0 Å². The van der Waals surface area contributed by atoms with Crippen molar-refractivity contribution in [1.29, 1.82) is 0 Å².